The second-order valence-electron chi connectivity index (χ2n) is 4.84. The van der Waals surface area contributed by atoms with Gasteiger partial charge in [-0.3, -0.25) is 0 Å². The third kappa shape index (κ3) is 5.56. The van der Waals surface area contributed by atoms with Crippen molar-refractivity contribution in [2.24, 2.45) is 5.41 Å². The molecule has 2 unspecified atom stereocenters. The van der Waals surface area contributed by atoms with Gasteiger partial charge in [-0.15, -0.1) is 0 Å². The normalized spacial score (nSPS) is 17.5. The van der Waals surface area contributed by atoms with E-state index in [1.807, 2.05) is 6.92 Å². The lowest BCUT2D eigenvalue weighted by molar-refractivity contribution is -0.874. The average Bonchev–Trinajstić information content (AvgIpc) is 1.97. The van der Waals surface area contributed by atoms with E-state index in [1.54, 1.807) is 0 Å². The summed E-state index contributed by atoms with van der Waals surface area (Å²) < 4.78 is 0. The molecule has 0 radical (unpaired) electrons. The van der Waals surface area contributed by atoms with Crippen LogP contribution in [-0.4, -0.2) is 12.6 Å². The van der Waals surface area contributed by atoms with Crippen molar-refractivity contribution in [2.45, 2.75) is 53.5 Å². The van der Waals surface area contributed by atoms with E-state index in [4.69, 9.17) is 0 Å². The van der Waals surface area contributed by atoms with Crippen LogP contribution < -0.4 is 5.06 Å². The summed E-state index contributed by atoms with van der Waals surface area (Å²) in [6.45, 7) is 11.4. The van der Waals surface area contributed by atoms with Crippen molar-refractivity contribution in [3.05, 3.63) is 5.21 Å². The zero-order valence-corrected chi connectivity index (χ0v) is 9.11. The fraction of sp³-hybridized carbons (Fsp3) is 1.00. The first-order valence-corrected chi connectivity index (χ1v) is 4.89. The monoisotopic (exact) mass is 173 g/mol. The number of hydrogen-bond donors (Lipinski definition) is 1. The molecule has 0 aliphatic heterocycles. The van der Waals surface area contributed by atoms with Crippen LogP contribution in [0.1, 0.15) is 47.5 Å². The molecule has 0 rings (SSSR count). The fourth-order valence-corrected chi connectivity index (χ4v) is 0.972. The van der Waals surface area contributed by atoms with E-state index in [0.29, 0.717) is 10.5 Å². The van der Waals surface area contributed by atoms with Gasteiger partial charge in [0.1, 0.15) is 0 Å². The molecule has 0 aromatic rings. The SMILES string of the molecule is CCC(C)[NH+]([O-])CCC(C)(C)C. The third-order valence-electron chi connectivity index (χ3n) is 2.28. The van der Waals surface area contributed by atoms with Crippen molar-refractivity contribution in [3.8, 4) is 0 Å². The molecule has 0 bridgehead atoms. The van der Waals surface area contributed by atoms with E-state index in [1.165, 1.54) is 0 Å². The van der Waals surface area contributed by atoms with Gasteiger partial charge in [-0.1, -0.05) is 27.7 Å². The first-order valence-electron chi connectivity index (χ1n) is 4.89. The van der Waals surface area contributed by atoms with Gasteiger partial charge in [0.15, 0.2) is 0 Å². The van der Waals surface area contributed by atoms with E-state index in [0.717, 1.165) is 19.4 Å². The summed E-state index contributed by atoms with van der Waals surface area (Å²) in [5.41, 5.74) is 0.295. The standard InChI is InChI=1S/C10H23NO/c1-6-9(2)11(12)8-7-10(3,4)5/h9,11H,6-8H2,1-5H3. The van der Waals surface area contributed by atoms with Crippen LogP contribution in [0, 0.1) is 10.6 Å². The minimum absolute atomic E-state index is 0.257. The van der Waals surface area contributed by atoms with Crippen LogP contribution >= 0.6 is 0 Å². The predicted octanol–water partition coefficient (Wildman–Crippen LogP) is 1.60. The van der Waals surface area contributed by atoms with Crippen molar-refractivity contribution in [1.82, 2.24) is 0 Å². The van der Waals surface area contributed by atoms with E-state index in [-0.39, 0.29) is 6.04 Å². The Balaban J connectivity index is 3.64. The topological polar surface area (TPSA) is 27.5 Å². The molecule has 0 fully saturated rings. The van der Waals surface area contributed by atoms with Gasteiger partial charge in [-0.05, 0) is 18.8 Å². The highest BCUT2D eigenvalue weighted by atomic mass is 16.5. The van der Waals surface area contributed by atoms with E-state index < -0.39 is 0 Å². The van der Waals surface area contributed by atoms with Crippen molar-refractivity contribution >= 4 is 0 Å². The summed E-state index contributed by atoms with van der Waals surface area (Å²) in [5.74, 6) is 0. The second-order valence-corrected chi connectivity index (χ2v) is 4.84. The highest BCUT2D eigenvalue weighted by Gasteiger charge is 2.14. The van der Waals surface area contributed by atoms with Gasteiger partial charge in [-0.2, -0.15) is 0 Å². The molecule has 0 saturated heterocycles. The number of nitrogens with one attached hydrogen (secondary N) is 1. The van der Waals surface area contributed by atoms with Crippen LogP contribution in [0.5, 0.6) is 0 Å². The van der Waals surface area contributed by atoms with E-state index >= 15 is 0 Å². The first-order chi connectivity index (χ1) is 5.37. The average molecular weight is 173 g/mol. The molecular formula is C10H23NO. The molecule has 0 aromatic carbocycles. The number of quaternary nitrogens is 1. The van der Waals surface area contributed by atoms with Crippen molar-refractivity contribution in [1.29, 1.82) is 0 Å². The number of rotatable bonds is 4. The maximum Gasteiger partial charge on any atom is 0.0840 e. The van der Waals surface area contributed by atoms with Gasteiger partial charge in [0, 0.05) is 6.42 Å². The maximum atomic E-state index is 11.4. The predicted molar refractivity (Wildman–Crippen MR) is 53.0 cm³/mol. The molecule has 2 nitrogen and oxygen atoms in total. The second kappa shape index (κ2) is 4.83. The molecule has 0 saturated carbocycles. The van der Waals surface area contributed by atoms with Gasteiger partial charge in [0.2, 0.25) is 0 Å². The molecule has 0 amide bonds. The minimum atomic E-state index is 0.257. The molecule has 0 aliphatic carbocycles. The molecule has 12 heavy (non-hydrogen) atoms. The summed E-state index contributed by atoms with van der Waals surface area (Å²) in [6.07, 6.45) is 1.99. The van der Waals surface area contributed by atoms with Gasteiger partial charge >= 0.3 is 0 Å². The lowest BCUT2D eigenvalue weighted by atomic mass is 9.92. The molecule has 2 heteroatoms. The van der Waals surface area contributed by atoms with Crippen LogP contribution in [0.15, 0.2) is 0 Å². The minimum Gasteiger partial charge on any atom is -0.634 e. The summed E-state index contributed by atoms with van der Waals surface area (Å²) in [4.78, 5) is 0. The molecule has 0 heterocycles. The molecule has 0 aliphatic rings. The lowest BCUT2D eigenvalue weighted by Crippen LogP contribution is -3.10. The maximum absolute atomic E-state index is 11.4. The van der Waals surface area contributed by atoms with Crippen LogP contribution in [0.4, 0.5) is 0 Å². The Bertz CT molecular complexity index is 117. The fourth-order valence-electron chi connectivity index (χ4n) is 0.972. The molecule has 1 N–H and O–H groups in total. The number of hydroxylamine groups is 2. The van der Waals surface area contributed by atoms with Gasteiger partial charge in [0.25, 0.3) is 0 Å². The van der Waals surface area contributed by atoms with Crippen molar-refractivity contribution in [3.63, 3.8) is 0 Å². The Hall–Kier alpha value is -0.0800. The largest absolute Gasteiger partial charge is 0.634 e. The highest BCUT2D eigenvalue weighted by molar-refractivity contribution is 4.60. The third-order valence-corrected chi connectivity index (χ3v) is 2.28. The van der Waals surface area contributed by atoms with Crippen LogP contribution in [0.25, 0.3) is 0 Å². The smallest absolute Gasteiger partial charge is 0.0840 e. The van der Waals surface area contributed by atoms with E-state index in [9.17, 15) is 5.21 Å². The molecule has 0 spiro atoms. The van der Waals surface area contributed by atoms with E-state index in [2.05, 4.69) is 27.7 Å². The van der Waals surface area contributed by atoms with Crippen molar-refractivity contribution < 1.29 is 5.06 Å². The Morgan fingerprint density at radius 3 is 2.17 bits per heavy atom. The molecule has 74 valence electrons. The zero-order valence-electron chi connectivity index (χ0n) is 9.11. The highest BCUT2D eigenvalue weighted by Crippen LogP contribution is 2.16. The molecule has 0 aromatic heterocycles. The Kier molecular flexibility index (Phi) is 4.80. The van der Waals surface area contributed by atoms with Crippen LogP contribution in [-0.2, 0) is 0 Å². The van der Waals surface area contributed by atoms with Gasteiger partial charge in [0.05, 0.1) is 12.6 Å². The quantitative estimate of drug-likeness (QED) is 0.642. The summed E-state index contributed by atoms with van der Waals surface area (Å²) >= 11 is 0. The summed E-state index contributed by atoms with van der Waals surface area (Å²) in [6, 6.07) is 0.257. The van der Waals surface area contributed by atoms with Gasteiger partial charge in [-0.25, -0.2) is 0 Å². The molecule has 2 atom stereocenters. The molecular weight excluding hydrogens is 150 g/mol. The van der Waals surface area contributed by atoms with Crippen molar-refractivity contribution in [2.75, 3.05) is 6.54 Å². The lowest BCUT2D eigenvalue weighted by Gasteiger charge is -2.31. The Morgan fingerprint density at radius 2 is 1.83 bits per heavy atom. The zero-order chi connectivity index (χ0) is 9.78. The Labute approximate surface area is 76.5 Å². The Morgan fingerprint density at radius 1 is 1.33 bits per heavy atom. The summed E-state index contributed by atoms with van der Waals surface area (Å²) in [7, 11) is 0. The van der Waals surface area contributed by atoms with Gasteiger partial charge < -0.3 is 10.3 Å². The van der Waals surface area contributed by atoms with Crippen LogP contribution in [0.2, 0.25) is 0 Å². The summed E-state index contributed by atoms with van der Waals surface area (Å²) in [5, 5.41) is 11.8. The first kappa shape index (κ1) is 11.9. The number of hydrogen-bond acceptors (Lipinski definition) is 1. The van der Waals surface area contributed by atoms with Crippen LogP contribution in [0.3, 0.4) is 0 Å².